The minimum Gasteiger partial charge on any atom is -0.325 e. The van der Waals surface area contributed by atoms with Gasteiger partial charge in [0.25, 0.3) is 0 Å². The molecule has 0 saturated heterocycles. The molecule has 21 heavy (non-hydrogen) atoms. The van der Waals surface area contributed by atoms with Crippen molar-refractivity contribution in [2.24, 2.45) is 0 Å². The number of aromatic nitrogens is 2. The van der Waals surface area contributed by atoms with Gasteiger partial charge in [0.1, 0.15) is 10.9 Å². The molecule has 4 nitrogen and oxygen atoms in total. The van der Waals surface area contributed by atoms with E-state index in [2.05, 4.69) is 15.3 Å². The Balaban J connectivity index is 1.97. The predicted molar refractivity (Wildman–Crippen MR) is 87.0 cm³/mol. The summed E-state index contributed by atoms with van der Waals surface area (Å²) in [5.74, 6) is 0.921. The van der Waals surface area contributed by atoms with E-state index in [1.807, 2.05) is 32.9 Å². The normalized spacial score (nSPS) is 10.5. The molecule has 0 unspecified atom stereocenters. The van der Waals surface area contributed by atoms with Crippen LogP contribution in [-0.4, -0.2) is 21.6 Å². The standard InChI is InChI=1S/C15H16ClN3OS/c1-9-4-5-12(16)7-13(9)19-14(20)8-21-15-6-10(2)17-11(3)18-15/h4-7H,8H2,1-3H3,(H,19,20). The highest BCUT2D eigenvalue weighted by molar-refractivity contribution is 7.99. The topological polar surface area (TPSA) is 54.9 Å². The van der Waals surface area contributed by atoms with Gasteiger partial charge in [0.05, 0.1) is 5.75 Å². The Kier molecular flexibility index (Phi) is 5.20. The number of nitrogens with one attached hydrogen (secondary N) is 1. The lowest BCUT2D eigenvalue weighted by Crippen LogP contribution is -2.15. The first kappa shape index (κ1) is 15.8. The lowest BCUT2D eigenvalue weighted by molar-refractivity contribution is -0.113. The third-order valence-corrected chi connectivity index (χ3v) is 3.91. The molecule has 0 saturated carbocycles. The number of benzene rings is 1. The van der Waals surface area contributed by atoms with Gasteiger partial charge in [-0.2, -0.15) is 0 Å². The molecule has 1 heterocycles. The number of carbonyl (C=O) groups is 1. The summed E-state index contributed by atoms with van der Waals surface area (Å²) in [6.07, 6.45) is 0. The van der Waals surface area contributed by atoms with Crippen LogP contribution < -0.4 is 5.32 Å². The van der Waals surface area contributed by atoms with Gasteiger partial charge in [0.15, 0.2) is 0 Å². The summed E-state index contributed by atoms with van der Waals surface area (Å²) in [5.41, 5.74) is 2.62. The van der Waals surface area contributed by atoms with Gasteiger partial charge in [-0.3, -0.25) is 4.79 Å². The number of thioether (sulfide) groups is 1. The Bertz CT molecular complexity index is 656. The number of hydrogen-bond acceptors (Lipinski definition) is 4. The number of amides is 1. The molecule has 0 atom stereocenters. The molecule has 110 valence electrons. The smallest absolute Gasteiger partial charge is 0.234 e. The maximum absolute atomic E-state index is 12.0. The van der Waals surface area contributed by atoms with E-state index in [0.717, 1.165) is 22.0 Å². The average Bonchev–Trinajstić information content (AvgIpc) is 2.40. The van der Waals surface area contributed by atoms with E-state index in [-0.39, 0.29) is 5.91 Å². The summed E-state index contributed by atoms with van der Waals surface area (Å²) >= 11 is 7.32. The Morgan fingerprint density at radius 1 is 1.24 bits per heavy atom. The summed E-state index contributed by atoms with van der Waals surface area (Å²) in [7, 11) is 0. The monoisotopic (exact) mass is 321 g/mol. The van der Waals surface area contributed by atoms with Crippen LogP contribution in [0.5, 0.6) is 0 Å². The number of rotatable bonds is 4. The number of halogens is 1. The molecular weight excluding hydrogens is 306 g/mol. The van der Waals surface area contributed by atoms with Crippen LogP contribution in [0, 0.1) is 20.8 Å². The molecule has 1 N–H and O–H groups in total. The summed E-state index contributed by atoms with van der Waals surface area (Å²) < 4.78 is 0. The molecule has 2 aromatic rings. The Morgan fingerprint density at radius 2 is 2.00 bits per heavy atom. The van der Waals surface area contributed by atoms with E-state index >= 15 is 0 Å². The fraction of sp³-hybridized carbons (Fsp3) is 0.267. The fourth-order valence-corrected chi connectivity index (χ4v) is 2.79. The molecule has 6 heteroatoms. The minimum absolute atomic E-state index is 0.0840. The van der Waals surface area contributed by atoms with E-state index in [1.165, 1.54) is 11.8 Å². The highest BCUT2D eigenvalue weighted by atomic mass is 35.5. The largest absolute Gasteiger partial charge is 0.325 e. The van der Waals surface area contributed by atoms with Gasteiger partial charge >= 0.3 is 0 Å². The lowest BCUT2D eigenvalue weighted by Gasteiger charge is -2.09. The summed E-state index contributed by atoms with van der Waals surface area (Å²) in [6, 6.07) is 7.30. The van der Waals surface area contributed by atoms with Crippen molar-refractivity contribution in [3.05, 3.63) is 46.4 Å². The van der Waals surface area contributed by atoms with E-state index in [4.69, 9.17) is 11.6 Å². The molecule has 0 radical (unpaired) electrons. The van der Waals surface area contributed by atoms with Crippen LogP contribution >= 0.6 is 23.4 Å². The second kappa shape index (κ2) is 6.91. The molecule has 0 aliphatic carbocycles. The summed E-state index contributed by atoms with van der Waals surface area (Å²) in [4.78, 5) is 20.5. The first-order valence-corrected chi connectivity index (χ1v) is 7.81. The van der Waals surface area contributed by atoms with Gasteiger partial charge in [-0.25, -0.2) is 9.97 Å². The highest BCUT2D eigenvalue weighted by Crippen LogP contribution is 2.21. The van der Waals surface area contributed by atoms with Crippen molar-refractivity contribution in [2.75, 3.05) is 11.1 Å². The molecule has 0 fully saturated rings. The van der Waals surface area contributed by atoms with Crippen molar-refractivity contribution in [1.29, 1.82) is 0 Å². The van der Waals surface area contributed by atoms with Crippen LogP contribution in [0.15, 0.2) is 29.3 Å². The first-order chi connectivity index (χ1) is 9.94. The van der Waals surface area contributed by atoms with E-state index < -0.39 is 0 Å². The number of hydrogen-bond donors (Lipinski definition) is 1. The van der Waals surface area contributed by atoms with Crippen LogP contribution in [0.4, 0.5) is 5.69 Å². The van der Waals surface area contributed by atoms with E-state index in [0.29, 0.717) is 16.6 Å². The van der Waals surface area contributed by atoms with E-state index in [1.54, 1.807) is 12.1 Å². The van der Waals surface area contributed by atoms with Crippen LogP contribution in [0.25, 0.3) is 0 Å². The van der Waals surface area contributed by atoms with Crippen molar-refractivity contribution < 1.29 is 4.79 Å². The average molecular weight is 322 g/mol. The molecule has 0 spiro atoms. The van der Waals surface area contributed by atoms with Crippen molar-refractivity contribution >= 4 is 35.0 Å². The Morgan fingerprint density at radius 3 is 2.71 bits per heavy atom. The Hall–Kier alpha value is -1.59. The van der Waals surface area contributed by atoms with Gasteiger partial charge in [0, 0.05) is 16.4 Å². The van der Waals surface area contributed by atoms with Gasteiger partial charge in [0.2, 0.25) is 5.91 Å². The second-order valence-corrected chi connectivity index (χ2v) is 6.12. The quantitative estimate of drug-likeness (QED) is 0.687. The third-order valence-electron chi connectivity index (χ3n) is 2.77. The molecule has 0 aliphatic heterocycles. The Labute approximate surface area is 133 Å². The highest BCUT2D eigenvalue weighted by Gasteiger charge is 2.08. The number of anilines is 1. The maximum Gasteiger partial charge on any atom is 0.234 e. The number of carbonyl (C=O) groups excluding carboxylic acids is 1. The summed E-state index contributed by atoms with van der Waals surface area (Å²) in [5, 5.41) is 4.27. The number of aryl methyl sites for hydroxylation is 3. The van der Waals surface area contributed by atoms with Gasteiger partial charge in [-0.1, -0.05) is 29.4 Å². The minimum atomic E-state index is -0.0840. The first-order valence-electron chi connectivity index (χ1n) is 6.45. The second-order valence-electron chi connectivity index (χ2n) is 4.69. The van der Waals surface area contributed by atoms with Crippen LogP contribution in [0.1, 0.15) is 17.1 Å². The number of nitrogens with zero attached hydrogens (tertiary/aromatic N) is 2. The molecular formula is C15H16ClN3OS. The van der Waals surface area contributed by atoms with Crippen molar-refractivity contribution in [1.82, 2.24) is 9.97 Å². The summed E-state index contributed by atoms with van der Waals surface area (Å²) in [6.45, 7) is 5.68. The lowest BCUT2D eigenvalue weighted by atomic mass is 10.2. The molecule has 0 aliphatic rings. The fourth-order valence-electron chi connectivity index (χ4n) is 1.81. The van der Waals surface area contributed by atoms with Gasteiger partial charge in [-0.05, 0) is 44.5 Å². The SMILES string of the molecule is Cc1cc(SCC(=O)Nc2cc(Cl)ccc2C)nc(C)n1. The van der Waals surface area contributed by atoms with Crippen LogP contribution in [0.3, 0.4) is 0 Å². The zero-order chi connectivity index (χ0) is 15.4. The molecule has 0 bridgehead atoms. The van der Waals surface area contributed by atoms with Crippen LogP contribution in [-0.2, 0) is 4.79 Å². The zero-order valence-electron chi connectivity index (χ0n) is 12.1. The van der Waals surface area contributed by atoms with Gasteiger partial charge < -0.3 is 5.32 Å². The maximum atomic E-state index is 12.0. The molecule has 1 amide bonds. The van der Waals surface area contributed by atoms with Crippen molar-refractivity contribution in [2.45, 2.75) is 25.8 Å². The zero-order valence-corrected chi connectivity index (χ0v) is 13.7. The molecule has 1 aromatic carbocycles. The molecule has 1 aromatic heterocycles. The van der Waals surface area contributed by atoms with E-state index in [9.17, 15) is 4.79 Å². The van der Waals surface area contributed by atoms with Gasteiger partial charge in [-0.15, -0.1) is 0 Å². The third kappa shape index (κ3) is 4.72. The molecule has 2 rings (SSSR count). The van der Waals surface area contributed by atoms with Crippen molar-refractivity contribution in [3.63, 3.8) is 0 Å². The predicted octanol–water partition coefficient (Wildman–Crippen LogP) is 3.79. The van der Waals surface area contributed by atoms with Crippen molar-refractivity contribution in [3.8, 4) is 0 Å². The van der Waals surface area contributed by atoms with Crippen LogP contribution in [0.2, 0.25) is 5.02 Å².